The van der Waals surface area contributed by atoms with E-state index >= 15 is 0 Å². The molecule has 2 fully saturated rings. The van der Waals surface area contributed by atoms with Gasteiger partial charge in [-0.3, -0.25) is 14.4 Å². The van der Waals surface area contributed by atoms with Crippen LogP contribution >= 0.6 is 11.3 Å². The van der Waals surface area contributed by atoms with Crippen molar-refractivity contribution in [2.75, 3.05) is 4.90 Å². The highest BCUT2D eigenvalue weighted by molar-refractivity contribution is 7.20. The number of amides is 2. The van der Waals surface area contributed by atoms with Gasteiger partial charge in [0.25, 0.3) is 5.91 Å². The fourth-order valence-corrected chi connectivity index (χ4v) is 6.92. The predicted molar refractivity (Wildman–Crippen MR) is 133 cm³/mol. The van der Waals surface area contributed by atoms with Crippen molar-refractivity contribution >= 4 is 45.0 Å². The third-order valence-corrected chi connectivity index (χ3v) is 8.64. The minimum absolute atomic E-state index is 0.0279. The van der Waals surface area contributed by atoms with Crippen molar-refractivity contribution in [3.05, 3.63) is 58.9 Å². The largest absolute Gasteiger partial charge is 0.481 e. The lowest BCUT2D eigenvalue weighted by Crippen LogP contribution is -2.53. The SMILES string of the molecule is O=C(O)CCC(=O)N(C1CC1)[C@H]1c2cc(F)ccc2N(C(=O)c2nc3ccccc3s2)[C@H]2CCC[C@@H]21. The Kier molecular flexibility index (Phi) is 5.75. The molecule has 0 saturated heterocycles. The Balaban J connectivity index is 1.44. The number of anilines is 1. The number of para-hydroxylation sites is 1. The fourth-order valence-electron chi connectivity index (χ4n) is 6.01. The lowest BCUT2D eigenvalue weighted by atomic mass is 9.81. The Hall–Kier alpha value is -3.33. The summed E-state index contributed by atoms with van der Waals surface area (Å²) in [5.74, 6) is -1.89. The minimum Gasteiger partial charge on any atom is -0.481 e. The van der Waals surface area contributed by atoms with Crippen molar-refractivity contribution < 1.29 is 23.9 Å². The van der Waals surface area contributed by atoms with Gasteiger partial charge in [0.1, 0.15) is 5.82 Å². The second-order valence-corrected chi connectivity index (χ2v) is 10.9. The zero-order chi connectivity index (χ0) is 25.0. The van der Waals surface area contributed by atoms with Crippen molar-refractivity contribution in [3.8, 4) is 0 Å². The lowest BCUT2D eigenvalue weighted by Gasteiger charge is -2.47. The molecular formula is C27H26FN3O4S. The van der Waals surface area contributed by atoms with Crippen LogP contribution in [0.3, 0.4) is 0 Å². The Labute approximate surface area is 211 Å². The zero-order valence-corrected chi connectivity index (χ0v) is 20.4. The van der Waals surface area contributed by atoms with Crippen LogP contribution in [-0.2, 0) is 9.59 Å². The predicted octanol–water partition coefficient (Wildman–Crippen LogP) is 5.16. The van der Waals surface area contributed by atoms with E-state index in [4.69, 9.17) is 5.11 Å². The summed E-state index contributed by atoms with van der Waals surface area (Å²) in [5, 5.41) is 9.54. The van der Waals surface area contributed by atoms with Crippen LogP contribution in [0.25, 0.3) is 10.2 Å². The van der Waals surface area contributed by atoms with E-state index in [1.165, 1.54) is 23.5 Å². The fraction of sp³-hybridized carbons (Fsp3) is 0.407. The number of rotatable bonds is 6. The summed E-state index contributed by atoms with van der Waals surface area (Å²) in [5.41, 5.74) is 2.01. The summed E-state index contributed by atoms with van der Waals surface area (Å²) < 4.78 is 15.6. The zero-order valence-electron chi connectivity index (χ0n) is 19.6. The van der Waals surface area contributed by atoms with Crippen LogP contribution < -0.4 is 4.90 Å². The van der Waals surface area contributed by atoms with Crippen molar-refractivity contribution in [2.45, 2.75) is 63.1 Å². The van der Waals surface area contributed by atoms with Crippen molar-refractivity contribution in [1.29, 1.82) is 0 Å². The molecule has 0 radical (unpaired) electrons. The van der Waals surface area contributed by atoms with Gasteiger partial charge in [-0.25, -0.2) is 9.37 Å². The summed E-state index contributed by atoms with van der Waals surface area (Å²) in [7, 11) is 0. The van der Waals surface area contributed by atoms with Crippen molar-refractivity contribution in [3.63, 3.8) is 0 Å². The first-order valence-corrected chi connectivity index (χ1v) is 13.3. The molecule has 0 spiro atoms. The van der Waals surface area contributed by atoms with E-state index in [0.29, 0.717) is 16.3 Å². The number of fused-ring (bicyclic) bond motifs is 3. The molecule has 1 N–H and O–H groups in total. The van der Waals surface area contributed by atoms with Gasteiger partial charge in [0, 0.05) is 35.7 Å². The van der Waals surface area contributed by atoms with Gasteiger partial charge in [-0.05, 0) is 56.0 Å². The number of carbonyl (C=O) groups excluding carboxylic acids is 2. The molecule has 3 aromatic rings. The Morgan fingerprint density at radius 3 is 2.64 bits per heavy atom. The van der Waals surface area contributed by atoms with E-state index in [-0.39, 0.29) is 48.7 Å². The molecule has 6 rings (SSSR count). The minimum atomic E-state index is -1.01. The molecule has 3 atom stereocenters. The molecule has 1 aliphatic heterocycles. The Morgan fingerprint density at radius 2 is 1.89 bits per heavy atom. The van der Waals surface area contributed by atoms with E-state index in [9.17, 15) is 18.8 Å². The summed E-state index contributed by atoms with van der Waals surface area (Å²) in [6.45, 7) is 0. The standard InChI is InChI=1S/C27H26FN3O4S/c28-15-8-11-21-18(14-15)25(30(16-9-10-16)23(32)12-13-24(33)34)17-4-3-6-20(17)31(21)27(35)26-29-19-5-1-2-7-22(19)36-26/h1-2,5,7-8,11,14,16-17,20,25H,3-4,6,9-10,12-13H2,(H,33,34)/t17-,20-,25+/m0/s1. The van der Waals surface area contributed by atoms with Gasteiger partial charge in [0.15, 0.2) is 5.01 Å². The number of hydrogen-bond donors (Lipinski definition) is 1. The lowest BCUT2D eigenvalue weighted by molar-refractivity contribution is -0.142. The molecule has 9 heteroatoms. The number of benzene rings is 2. The van der Waals surface area contributed by atoms with Gasteiger partial charge in [-0.2, -0.15) is 0 Å². The van der Waals surface area contributed by atoms with Gasteiger partial charge >= 0.3 is 5.97 Å². The van der Waals surface area contributed by atoms with Crippen LogP contribution in [0.2, 0.25) is 0 Å². The summed E-state index contributed by atoms with van der Waals surface area (Å²) in [6, 6.07) is 11.6. The quantitative estimate of drug-likeness (QED) is 0.498. The Morgan fingerprint density at radius 1 is 1.08 bits per heavy atom. The number of hydrogen-bond acceptors (Lipinski definition) is 5. The number of thiazole rings is 1. The maximum Gasteiger partial charge on any atom is 0.303 e. The third-order valence-electron chi connectivity index (χ3n) is 7.61. The van der Waals surface area contributed by atoms with E-state index in [1.807, 2.05) is 29.2 Å². The van der Waals surface area contributed by atoms with Crippen LogP contribution in [0.4, 0.5) is 10.1 Å². The topological polar surface area (TPSA) is 90.8 Å². The van der Waals surface area contributed by atoms with Gasteiger partial charge in [0.2, 0.25) is 5.91 Å². The Bertz CT molecular complexity index is 1340. The average Bonchev–Trinajstić information content (AvgIpc) is 3.40. The smallest absolute Gasteiger partial charge is 0.303 e. The van der Waals surface area contributed by atoms with E-state index in [2.05, 4.69) is 4.98 Å². The van der Waals surface area contributed by atoms with Crippen LogP contribution in [0, 0.1) is 11.7 Å². The molecule has 36 heavy (non-hydrogen) atoms. The summed E-state index contributed by atoms with van der Waals surface area (Å²) >= 11 is 1.35. The molecular weight excluding hydrogens is 481 g/mol. The molecule has 0 unspecified atom stereocenters. The third kappa shape index (κ3) is 3.95. The first kappa shape index (κ1) is 23.1. The van der Waals surface area contributed by atoms with Crippen LogP contribution in [0.15, 0.2) is 42.5 Å². The molecule has 2 amide bonds. The normalized spacial score (nSPS) is 22.8. The number of nitrogens with zero attached hydrogens (tertiary/aromatic N) is 3. The molecule has 2 aromatic carbocycles. The molecule has 2 aliphatic carbocycles. The number of carbonyl (C=O) groups is 3. The van der Waals surface area contributed by atoms with Crippen molar-refractivity contribution in [2.24, 2.45) is 5.92 Å². The molecule has 2 heterocycles. The highest BCUT2D eigenvalue weighted by atomic mass is 32.1. The summed E-state index contributed by atoms with van der Waals surface area (Å²) in [4.78, 5) is 46.6. The summed E-state index contributed by atoms with van der Waals surface area (Å²) in [6.07, 6.45) is 3.88. The highest BCUT2D eigenvalue weighted by Gasteiger charge is 2.51. The maximum atomic E-state index is 14.6. The van der Waals surface area contributed by atoms with Crippen LogP contribution in [-0.4, -0.2) is 44.9 Å². The number of carboxylic acids is 1. The van der Waals surface area contributed by atoms with Crippen LogP contribution in [0.1, 0.15) is 66.4 Å². The van der Waals surface area contributed by atoms with Gasteiger partial charge in [-0.15, -0.1) is 11.3 Å². The average molecular weight is 508 g/mol. The molecule has 186 valence electrons. The maximum absolute atomic E-state index is 14.6. The van der Waals surface area contributed by atoms with E-state index in [0.717, 1.165) is 42.3 Å². The number of aliphatic carboxylic acids is 1. The molecule has 2 saturated carbocycles. The number of aromatic nitrogens is 1. The number of carboxylic acid groups (broad SMARTS) is 1. The first-order valence-electron chi connectivity index (χ1n) is 12.4. The van der Waals surface area contributed by atoms with Crippen LogP contribution in [0.5, 0.6) is 0 Å². The van der Waals surface area contributed by atoms with Gasteiger partial charge in [-0.1, -0.05) is 18.6 Å². The highest BCUT2D eigenvalue weighted by Crippen LogP contribution is 2.53. The van der Waals surface area contributed by atoms with Gasteiger partial charge < -0.3 is 14.9 Å². The molecule has 7 nitrogen and oxygen atoms in total. The van der Waals surface area contributed by atoms with E-state index in [1.54, 1.807) is 11.0 Å². The van der Waals surface area contributed by atoms with Gasteiger partial charge in [0.05, 0.1) is 22.7 Å². The molecule has 0 bridgehead atoms. The van der Waals surface area contributed by atoms with E-state index < -0.39 is 11.8 Å². The molecule has 1 aromatic heterocycles. The number of halogens is 1. The van der Waals surface area contributed by atoms with Crippen molar-refractivity contribution in [1.82, 2.24) is 9.88 Å². The second kappa shape index (κ2) is 8.96. The monoisotopic (exact) mass is 507 g/mol. The second-order valence-electron chi connectivity index (χ2n) is 9.90. The first-order chi connectivity index (χ1) is 17.4. The molecule has 3 aliphatic rings.